The molecule has 0 spiro atoms. The molecule has 1 unspecified atom stereocenters. The van der Waals surface area contributed by atoms with Crippen LogP contribution >= 0.6 is 0 Å². The van der Waals surface area contributed by atoms with E-state index in [2.05, 4.69) is 15.3 Å². The van der Waals surface area contributed by atoms with E-state index < -0.39 is 0 Å². The van der Waals surface area contributed by atoms with Crippen LogP contribution in [0, 0.1) is 6.92 Å². The summed E-state index contributed by atoms with van der Waals surface area (Å²) in [7, 11) is 0. The maximum atomic E-state index is 12.0. The van der Waals surface area contributed by atoms with Crippen molar-refractivity contribution in [2.75, 3.05) is 19.6 Å². The molecule has 2 heterocycles. The predicted octanol–water partition coefficient (Wildman–Crippen LogP) is 1.45. The lowest BCUT2D eigenvalue weighted by Gasteiger charge is -2.27. The topological polar surface area (TPSA) is 58.1 Å². The summed E-state index contributed by atoms with van der Waals surface area (Å²) in [5.41, 5.74) is 1.82. The molecule has 1 aromatic rings. The summed E-state index contributed by atoms with van der Waals surface area (Å²) in [6.45, 7) is 6.13. The molecule has 0 aliphatic carbocycles. The molecule has 104 valence electrons. The number of carbonyl (C=O) groups excluding carboxylic acids is 1. The zero-order valence-corrected chi connectivity index (χ0v) is 11.7. The van der Waals surface area contributed by atoms with Gasteiger partial charge in [0.25, 0.3) is 0 Å². The van der Waals surface area contributed by atoms with E-state index in [0.717, 1.165) is 37.3 Å². The number of nitrogens with zero attached hydrogens (tertiary/aromatic N) is 3. The lowest BCUT2D eigenvalue weighted by molar-refractivity contribution is -0.131. The second-order valence-corrected chi connectivity index (χ2v) is 5.07. The summed E-state index contributed by atoms with van der Waals surface area (Å²) in [6, 6.07) is 0.0439. The molecular formula is C14H22N4O. The smallest absolute Gasteiger partial charge is 0.236 e. The van der Waals surface area contributed by atoms with Crippen LogP contribution in [0.4, 0.5) is 0 Å². The summed E-state index contributed by atoms with van der Waals surface area (Å²) in [6.07, 6.45) is 6.87. The third-order valence-corrected chi connectivity index (χ3v) is 3.60. The van der Waals surface area contributed by atoms with Crippen LogP contribution in [-0.4, -0.2) is 40.4 Å². The fourth-order valence-electron chi connectivity index (χ4n) is 2.44. The Morgan fingerprint density at radius 1 is 1.32 bits per heavy atom. The molecule has 1 fully saturated rings. The van der Waals surface area contributed by atoms with Crippen LogP contribution in [0.2, 0.25) is 0 Å². The van der Waals surface area contributed by atoms with Crippen LogP contribution in [-0.2, 0) is 4.79 Å². The van der Waals surface area contributed by atoms with Crippen LogP contribution in [0.15, 0.2) is 12.4 Å². The first-order valence-corrected chi connectivity index (χ1v) is 6.97. The van der Waals surface area contributed by atoms with Gasteiger partial charge in [-0.2, -0.15) is 0 Å². The molecule has 5 heteroatoms. The molecule has 1 atom stereocenters. The molecule has 1 amide bonds. The number of amides is 1. The minimum Gasteiger partial charge on any atom is -0.342 e. The van der Waals surface area contributed by atoms with E-state index in [9.17, 15) is 4.79 Å². The number of likely N-dealkylation sites (tertiary alicyclic amines) is 1. The average Bonchev–Trinajstić information content (AvgIpc) is 2.46. The van der Waals surface area contributed by atoms with Gasteiger partial charge in [-0.3, -0.25) is 14.8 Å². The summed E-state index contributed by atoms with van der Waals surface area (Å²) in [5, 5.41) is 3.24. The molecule has 5 nitrogen and oxygen atoms in total. The van der Waals surface area contributed by atoms with Gasteiger partial charge >= 0.3 is 0 Å². The zero-order valence-electron chi connectivity index (χ0n) is 11.7. The molecule has 1 aromatic heterocycles. The Bertz CT molecular complexity index is 429. The van der Waals surface area contributed by atoms with Crippen molar-refractivity contribution in [1.82, 2.24) is 20.2 Å². The summed E-state index contributed by atoms with van der Waals surface area (Å²) < 4.78 is 0. The van der Waals surface area contributed by atoms with E-state index in [-0.39, 0.29) is 11.9 Å². The third-order valence-electron chi connectivity index (χ3n) is 3.60. The number of hydrogen-bond acceptors (Lipinski definition) is 4. The molecule has 0 saturated carbocycles. The Kier molecular flexibility index (Phi) is 4.85. The molecule has 1 N–H and O–H groups in total. The number of carbonyl (C=O) groups is 1. The molecule has 0 radical (unpaired) electrons. The van der Waals surface area contributed by atoms with E-state index in [4.69, 9.17) is 0 Å². The summed E-state index contributed by atoms with van der Waals surface area (Å²) in [5.74, 6) is 0.188. The minimum absolute atomic E-state index is 0.0439. The molecular weight excluding hydrogens is 240 g/mol. The van der Waals surface area contributed by atoms with Gasteiger partial charge in [0.2, 0.25) is 5.91 Å². The van der Waals surface area contributed by atoms with Crippen molar-refractivity contribution in [3.05, 3.63) is 23.8 Å². The van der Waals surface area contributed by atoms with Gasteiger partial charge in [-0.25, -0.2) is 0 Å². The largest absolute Gasteiger partial charge is 0.342 e. The van der Waals surface area contributed by atoms with Gasteiger partial charge in [-0.05, 0) is 33.1 Å². The number of aryl methyl sites for hydroxylation is 1. The van der Waals surface area contributed by atoms with Gasteiger partial charge in [0, 0.05) is 31.5 Å². The highest BCUT2D eigenvalue weighted by atomic mass is 16.2. The van der Waals surface area contributed by atoms with E-state index in [0.29, 0.717) is 6.54 Å². The molecule has 1 saturated heterocycles. The van der Waals surface area contributed by atoms with Gasteiger partial charge in [-0.15, -0.1) is 0 Å². The molecule has 0 bridgehead atoms. The Hall–Kier alpha value is -1.49. The van der Waals surface area contributed by atoms with Gasteiger partial charge in [0.05, 0.1) is 17.9 Å². The molecule has 2 rings (SSSR count). The van der Waals surface area contributed by atoms with E-state index >= 15 is 0 Å². The first-order chi connectivity index (χ1) is 9.18. The maximum Gasteiger partial charge on any atom is 0.236 e. The average molecular weight is 262 g/mol. The fourth-order valence-corrected chi connectivity index (χ4v) is 2.44. The maximum absolute atomic E-state index is 12.0. The van der Waals surface area contributed by atoms with Crippen LogP contribution in [0.1, 0.15) is 43.6 Å². The quantitative estimate of drug-likeness (QED) is 0.892. The van der Waals surface area contributed by atoms with Crippen LogP contribution in [0.5, 0.6) is 0 Å². The minimum atomic E-state index is 0.0439. The first kappa shape index (κ1) is 13.9. The Morgan fingerprint density at radius 2 is 2.00 bits per heavy atom. The van der Waals surface area contributed by atoms with Crippen molar-refractivity contribution >= 4 is 5.91 Å². The number of rotatable bonds is 4. The Morgan fingerprint density at radius 3 is 2.68 bits per heavy atom. The van der Waals surface area contributed by atoms with Crippen molar-refractivity contribution in [1.29, 1.82) is 0 Å². The lowest BCUT2D eigenvalue weighted by Crippen LogP contribution is -2.41. The summed E-state index contributed by atoms with van der Waals surface area (Å²) in [4.78, 5) is 22.5. The summed E-state index contributed by atoms with van der Waals surface area (Å²) >= 11 is 0. The Labute approximate surface area is 114 Å². The number of piperidine rings is 1. The molecule has 0 aromatic carbocycles. The number of nitrogens with one attached hydrogen (secondary N) is 1. The van der Waals surface area contributed by atoms with Crippen LogP contribution < -0.4 is 5.32 Å². The van der Waals surface area contributed by atoms with Gasteiger partial charge < -0.3 is 10.2 Å². The zero-order chi connectivity index (χ0) is 13.7. The van der Waals surface area contributed by atoms with E-state index in [1.165, 1.54) is 6.42 Å². The second-order valence-electron chi connectivity index (χ2n) is 5.07. The van der Waals surface area contributed by atoms with Crippen molar-refractivity contribution < 1.29 is 4.79 Å². The fraction of sp³-hybridized carbons (Fsp3) is 0.643. The SMILES string of the molecule is Cc1nccnc1C(C)NCC(=O)N1CCCCC1. The van der Waals surface area contributed by atoms with Gasteiger partial charge in [0.1, 0.15) is 0 Å². The highest BCUT2D eigenvalue weighted by Gasteiger charge is 2.17. The van der Waals surface area contributed by atoms with Crippen molar-refractivity contribution in [3.8, 4) is 0 Å². The number of aromatic nitrogens is 2. The standard InChI is InChI=1S/C14H22N4O/c1-11-14(16-7-6-15-11)12(2)17-10-13(19)18-8-4-3-5-9-18/h6-7,12,17H,3-5,8-10H2,1-2H3. The van der Waals surface area contributed by atoms with Gasteiger partial charge in [0.15, 0.2) is 0 Å². The van der Waals surface area contributed by atoms with Crippen molar-refractivity contribution in [2.24, 2.45) is 0 Å². The first-order valence-electron chi connectivity index (χ1n) is 6.97. The van der Waals surface area contributed by atoms with E-state index in [1.54, 1.807) is 12.4 Å². The predicted molar refractivity (Wildman–Crippen MR) is 73.6 cm³/mol. The van der Waals surface area contributed by atoms with E-state index in [1.807, 2.05) is 18.7 Å². The Balaban J connectivity index is 1.84. The lowest BCUT2D eigenvalue weighted by atomic mass is 10.1. The molecule has 1 aliphatic rings. The molecule has 19 heavy (non-hydrogen) atoms. The van der Waals surface area contributed by atoms with Crippen molar-refractivity contribution in [2.45, 2.75) is 39.2 Å². The normalized spacial score (nSPS) is 17.3. The van der Waals surface area contributed by atoms with Crippen LogP contribution in [0.25, 0.3) is 0 Å². The van der Waals surface area contributed by atoms with Crippen LogP contribution in [0.3, 0.4) is 0 Å². The second kappa shape index (κ2) is 6.61. The number of hydrogen-bond donors (Lipinski definition) is 1. The monoisotopic (exact) mass is 262 g/mol. The third kappa shape index (κ3) is 3.73. The van der Waals surface area contributed by atoms with Gasteiger partial charge in [-0.1, -0.05) is 0 Å². The molecule has 1 aliphatic heterocycles. The highest BCUT2D eigenvalue weighted by molar-refractivity contribution is 5.78. The van der Waals surface area contributed by atoms with Crippen molar-refractivity contribution in [3.63, 3.8) is 0 Å². The highest BCUT2D eigenvalue weighted by Crippen LogP contribution is 2.12.